The molecule has 0 fully saturated rings. The molecule has 2 N–H and O–H groups in total. The number of phenolic OH excluding ortho intramolecular Hbond substituents is 1. The topological polar surface area (TPSA) is 58.6 Å². The Balaban J connectivity index is 2.62. The Labute approximate surface area is 88.9 Å². The fourth-order valence-corrected chi connectivity index (χ4v) is 1.16. The van der Waals surface area contributed by atoms with Gasteiger partial charge in [0.2, 0.25) is 0 Å². The molecular formula is C11H15NO3. The lowest BCUT2D eigenvalue weighted by atomic mass is 10.2. The number of ether oxygens (including phenoxy) is 1. The summed E-state index contributed by atoms with van der Waals surface area (Å²) in [5, 5.41) is 12.3. The maximum atomic E-state index is 11.3. The van der Waals surface area contributed by atoms with E-state index in [4.69, 9.17) is 4.74 Å². The second-order valence-corrected chi connectivity index (χ2v) is 3.14. The quantitative estimate of drug-likeness (QED) is 0.586. The number of hydrogen-bond donors (Lipinski definition) is 2. The lowest BCUT2D eigenvalue weighted by Crippen LogP contribution is -2.28. The number of carbonyl (C=O) groups is 1. The van der Waals surface area contributed by atoms with Gasteiger partial charge in [0.05, 0.1) is 12.3 Å². The Morgan fingerprint density at radius 1 is 1.53 bits per heavy atom. The van der Waals surface area contributed by atoms with Gasteiger partial charge in [0.15, 0.2) is 0 Å². The summed E-state index contributed by atoms with van der Waals surface area (Å²) in [5.74, 6) is -0.214. The fraction of sp³-hybridized carbons (Fsp3) is 0.364. The van der Waals surface area contributed by atoms with Crippen LogP contribution in [0.25, 0.3) is 0 Å². The zero-order valence-electron chi connectivity index (χ0n) is 8.86. The van der Waals surface area contributed by atoms with Crippen LogP contribution >= 0.6 is 0 Å². The third kappa shape index (κ3) is 3.16. The van der Waals surface area contributed by atoms with Gasteiger partial charge in [-0.05, 0) is 26.0 Å². The van der Waals surface area contributed by atoms with Gasteiger partial charge >= 0.3 is 5.97 Å². The third-order valence-corrected chi connectivity index (χ3v) is 1.92. The highest BCUT2D eigenvalue weighted by molar-refractivity contribution is 5.79. The Morgan fingerprint density at radius 2 is 2.20 bits per heavy atom. The van der Waals surface area contributed by atoms with Gasteiger partial charge in [0, 0.05) is 0 Å². The van der Waals surface area contributed by atoms with Gasteiger partial charge in [-0.25, -0.2) is 4.79 Å². The van der Waals surface area contributed by atoms with Gasteiger partial charge in [-0.15, -0.1) is 0 Å². The number of anilines is 1. The van der Waals surface area contributed by atoms with Gasteiger partial charge in [0.1, 0.15) is 11.8 Å². The zero-order valence-corrected chi connectivity index (χ0v) is 8.86. The molecular weight excluding hydrogens is 194 g/mol. The Bertz CT molecular complexity index is 338. The number of carbonyl (C=O) groups excluding carboxylic acids is 1. The molecule has 1 aromatic carbocycles. The van der Waals surface area contributed by atoms with Crippen LogP contribution in [0, 0.1) is 0 Å². The minimum Gasteiger partial charge on any atom is -0.506 e. The molecule has 0 aromatic heterocycles. The number of benzene rings is 1. The van der Waals surface area contributed by atoms with Crippen LogP contribution in [0.2, 0.25) is 0 Å². The summed E-state index contributed by atoms with van der Waals surface area (Å²) in [6, 6.07) is 6.28. The average Bonchev–Trinajstić information content (AvgIpc) is 2.21. The monoisotopic (exact) mass is 209 g/mol. The molecule has 82 valence electrons. The Morgan fingerprint density at radius 3 is 2.80 bits per heavy atom. The third-order valence-electron chi connectivity index (χ3n) is 1.92. The first-order chi connectivity index (χ1) is 7.15. The van der Waals surface area contributed by atoms with Gasteiger partial charge in [-0.2, -0.15) is 0 Å². The first kappa shape index (κ1) is 11.4. The van der Waals surface area contributed by atoms with Gasteiger partial charge in [-0.3, -0.25) is 0 Å². The molecule has 0 radical (unpaired) electrons. The molecule has 4 heteroatoms. The van der Waals surface area contributed by atoms with Crippen LogP contribution in [-0.4, -0.2) is 23.7 Å². The van der Waals surface area contributed by atoms with Crippen molar-refractivity contribution >= 4 is 11.7 Å². The Hall–Kier alpha value is -1.71. The van der Waals surface area contributed by atoms with Crippen molar-refractivity contribution in [2.24, 2.45) is 0 Å². The minimum atomic E-state index is -0.474. The number of phenols is 1. The molecule has 0 amide bonds. The predicted octanol–water partition coefficient (Wildman–Crippen LogP) is 1.76. The normalized spacial score (nSPS) is 11.9. The summed E-state index contributed by atoms with van der Waals surface area (Å²) >= 11 is 0. The van der Waals surface area contributed by atoms with Crippen LogP contribution in [0.5, 0.6) is 5.75 Å². The number of para-hydroxylation sites is 2. The highest BCUT2D eigenvalue weighted by atomic mass is 16.5. The van der Waals surface area contributed by atoms with Crippen LogP contribution in [0.15, 0.2) is 24.3 Å². The van der Waals surface area contributed by atoms with Gasteiger partial charge in [-0.1, -0.05) is 12.1 Å². The summed E-state index contributed by atoms with van der Waals surface area (Å²) < 4.78 is 4.83. The molecule has 0 aliphatic carbocycles. The van der Waals surface area contributed by atoms with E-state index >= 15 is 0 Å². The second-order valence-electron chi connectivity index (χ2n) is 3.14. The van der Waals surface area contributed by atoms with E-state index < -0.39 is 6.04 Å². The largest absolute Gasteiger partial charge is 0.506 e. The van der Waals surface area contributed by atoms with Crippen molar-refractivity contribution in [1.29, 1.82) is 0 Å². The van der Waals surface area contributed by atoms with Gasteiger partial charge < -0.3 is 15.2 Å². The first-order valence-corrected chi connectivity index (χ1v) is 4.86. The molecule has 0 aliphatic rings. The van der Waals surface area contributed by atoms with E-state index in [0.29, 0.717) is 12.3 Å². The van der Waals surface area contributed by atoms with E-state index in [1.54, 1.807) is 38.1 Å². The molecule has 15 heavy (non-hydrogen) atoms. The molecule has 0 spiro atoms. The molecule has 0 aliphatic heterocycles. The SMILES string of the molecule is CCOC(=O)[C@H](C)Nc1ccccc1O. The first-order valence-electron chi connectivity index (χ1n) is 4.86. The number of nitrogens with one attached hydrogen (secondary N) is 1. The molecule has 0 heterocycles. The highest BCUT2D eigenvalue weighted by Crippen LogP contribution is 2.22. The molecule has 1 aromatic rings. The van der Waals surface area contributed by atoms with E-state index in [1.807, 2.05) is 0 Å². The maximum Gasteiger partial charge on any atom is 0.328 e. The van der Waals surface area contributed by atoms with Gasteiger partial charge in [0.25, 0.3) is 0 Å². The predicted molar refractivity (Wildman–Crippen MR) is 57.8 cm³/mol. The van der Waals surface area contributed by atoms with Crippen molar-refractivity contribution in [3.05, 3.63) is 24.3 Å². The van der Waals surface area contributed by atoms with E-state index in [0.717, 1.165) is 0 Å². The van der Waals surface area contributed by atoms with Crippen LogP contribution in [0.3, 0.4) is 0 Å². The number of aromatic hydroxyl groups is 1. The van der Waals surface area contributed by atoms with Crippen LogP contribution in [-0.2, 0) is 9.53 Å². The van der Waals surface area contributed by atoms with Crippen molar-refractivity contribution in [2.45, 2.75) is 19.9 Å². The van der Waals surface area contributed by atoms with Crippen molar-refractivity contribution in [2.75, 3.05) is 11.9 Å². The van der Waals surface area contributed by atoms with E-state index in [-0.39, 0.29) is 11.7 Å². The molecule has 1 atom stereocenters. The molecule has 0 bridgehead atoms. The summed E-state index contributed by atoms with van der Waals surface area (Å²) in [4.78, 5) is 11.3. The number of esters is 1. The number of hydrogen-bond acceptors (Lipinski definition) is 4. The maximum absolute atomic E-state index is 11.3. The van der Waals surface area contributed by atoms with Crippen molar-refractivity contribution in [1.82, 2.24) is 0 Å². The molecule has 1 rings (SSSR count). The Kier molecular flexibility index (Phi) is 3.97. The molecule has 0 saturated carbocycles. The summed E-state index contributed by atoms with van der Waals surface area (Å²) in [7, 11) is 0. The average molecular weight is 209 g/mol. The van der Waals surface area contributed by atoms with E-state index in [2.05, 4.69) is 5.32 Å². The standard InChI is InChI=1S/C11H15NO3/c1-3-15-11(14)8(2)12-9-6-4-5-7-10(9)13/h4-8,12-13H,3H2,1-2H3/t8-/m0/s1. The van der Waals surface area contributed by atoms with E-state index in [9.17, 15) is 9.90 Å². The molecule has 0 saturated heterocycles. The fourth-order valence-electron chi connectivity index (χ4n) is 1.16. The summed E-state index contributed by atoms with van der Waals surface area (Å²) in [6.45, 7) is 3.79. The lowest BCUT2D eigenvalue weighted by Gasteiger charge is -2.14. The van der Waals surface area contributed by atoms with Crippen molar-refractivity contribution in [3.8, 4) is 5.75 Å². The van der Waals surface area contributed by atoms with Crippen LogP contribution < -0.4 is 5.32 Å². The summed E-state index contributed by atoms with van der Waals surface area (Å²) in [6.07, 6.45) is 0. The zero-order chi connectivity index (χ0) is 11.3. The van der Waals surface area contributed by atoms with Crippen LogP contribution in [0.1, 0.15) is 13.8 Å². The smallest absolute Gasteiger partial charge is 0.328 e. The number of rotatable bonds is 4. The molecule has 4 nitrogen and oxygen atoms in total. The van der Waals surface area contributed by atoms with Crippen LogP contribution in [0.4, 0.5) is 5.69 Å². The van der Waals surface area contributed by atoms with E-state index in [1.165, 1.54) is 0 Å². The van der Waals surface area contributed by atoms with Crippen molar-refractivity contribution < 1.29 is 14.6 Å². The minimum absolute atomic E-state index is 0.119. The second kappa shape index (κ2) is 5.24. The summed E-state index contributed by atoms with van der Waals surface area (Å²) in [5.41, 5.74) is 0.526. The molecule has 0 unspecified atom stereocenters. The highest BCUT2D eigenvalue weighted by Gasteiger charge is 2.14. The van der Waals surface area contributed by atoms with Crippen molar-refractivity contribution in [3.63, 3.8) is 0 Å². The lowest BCUT2D eigenvalue weighted by molar-refractivity contribution is -0.143.